The Bertz CT molecular complexity index is 584. The Morgan fingerprint density at radius 1 is 1.10 bits per heavy atom. The van der Waals surface area contributed by atoms with Crippen LogP contribution < -0.4 is 4.74 Å². The largest absolute Gasteiger partial charge is 0.497 e. The van der Waals surface area contributed by atoms with Crippen molar-refractivity contribution in [2.24, 2.45) is 0 Å². The SMILES string of the molecule is COC(=O)C(CSc1cccc(OC)c1)c1ccccc1. The van der Waals surface area contributed by atoms with Crippen molar-refractivity contribution in [3.63, 3.8) is 0 Å². The van der Waals surface area contributed by atoms with E-state index in [4.69, 9.17) is 9.47 Å². The standard InChI is InChI=1S/C17H18O3S/c1-19-14-9-6-10-15(11-14)21-12-16(17(18)20-2)13-7-4-3-5-8-13/h3-11,16H,12H2,1-2H3. The van der Waals surface area contributed by atoms with Crippen LogP contribution in [-0.4, -0.2) is 25.9 Å². The summed E-state index contributed by atoms with van der Waals surface area (Å²) in [5.74, 6) is 0.961. The van der Waals surface area contributed by atoms with E-state index in [9.17, 15) is 4.79 Å². The molecule has 0 heterocycles. The number of carbonyl (C=O) groups excluding carboxylic acids is 1. The summed E-state index contributed by atoms with van der Waals surface area (Å²) >= 11 is 1.62. The van der Waals surface area contributed by atoms with E-state index in [1.807, 2.05) is 54.6 Å². The van der Waals surface area contributed by atoms with Crippen LogP contribution in [0.2, 0.25) is 0 Å². The molecule has 0 spiro atoms. The summed E-state index contributed by atoms with van der Waals surface area (Å²) in [6.07, 6.45) is 0. The normalized spacial score (nSPS) is 11.7. The fraction of sp³-hybridized carbons (Fsp3) is 0.235. The topological polar surface area (TPSA) is 35.5 Å². The zero-order valence-electron chi connectivity index (χ0n) is 12.1. The maximum absolute atomic E-state index is 12.0. The number of esters is 1. The second-order valence-electron chi connectivity index (χ2n) is 4.48. The van der Waals surface area contributed by atoms with E-state index in [0.717, 1.165) is 16.2 Å². The minimum absolute atomic E-state index is 0.211. The van der Waals surface area contributed by atoms with E-state index in [1.165, 1.54) is 7.11 Å². The van der Waals surface area contributed by atoms with Crippen LogP contribution in [0.3, 0.4) is 0 Å². The van der Waals surface area contributed by atoms with Crippen molar-refractivity contribution in [3.05, 3.63) is 60.2 Å². The van der Waals surface area contributed by atoms with E-state index in [0.29, 0.717) is 5.75 Å². The Kier molecular flexibility index (Phi) is 5.69. The molecule has 0 fully saturated rings. The average Bonchev–Trinajstić information content (AvgIpc) is 2.56. The third-order valence-electron chi connectivity index (χ3n) is 3.15. The van der Waals surface area contributed by atoms with Gasteiger partial charge in [0, 0.05) is 10.6 Å². The molecule has 0 aliphatic rings. The van der Waals surface area contributed by atoms with Gasteiger partial charge < -0.3 is 9.47 Å². The Morgan fingerprint density at radius 2 is 1.86 bits per heavy atom. The van der Waals surface area contributed by atoms with E-state index in [-0.39, 0.29) is 11.9 Å². The molecule has 0 amide bonds. The molecule has 4 heteroatoms. The molecule has 0 bridgehead atoms. The van der Waals surface area contributed by atoms with Crippen LogP contribution in [0.15, 0.2) is 59.5 Å². The number of thioether (sulfide) groups is 1. The van der Waals surface area contributed by atoms with Gasteiger partial charge in [-0.15, -0.1) is 11.8 Å². The maximum Gasteiger partial charge on any atom is 0.313 e. The van der Waals surface area contributed by atoms with E-state index < -0.39 is 0 Å². The van der Waals surface area contributed by atoms with Gasteiger partial charge in [-0.25, -0.2) is 0 Å². The van der Waals surface area contributed by atoms with E-state index >= 15 is 0 Å². The first-order chi connectivity index (χ1) is 10.2. The Morgan fingerprint density at radius 3 is 2.52 bits per heavy atom. The lowest BCUT2D eigenvalue weighted by molar-refractivity contribution is -0.141. The lowest BCUT2D eigenvalue weighted by Crippen LogP contribution is -2.16. The van der Waals surface area contributed by atoms with Crippen LogP contribution in [0.4, 0.5) is 0 Å². The monoisotopic (exact) mass is 302 g/mol. The molecule has 0 saturated carbocycles. The zero-order valence-corrected chi connectivity index (χ0v) is 12.9. The third-order valence-corrected chi connectivity index (χ3v) is 4.23. The van der Waals surface area contributed by atoms with E-state index in [1.54, 1.807) is 18.9 Å². The summed E-state index contributed by atoms with van der Waals surface area (Å²) in [6.45, 7) is 0. The lowest BCUT2D eigenvalue weighted by atomic mass is 10.0. The molecule has 21 heavy (non-hydrogen) atoms. The summed E-state index contributed by atoms with van der Waals surface area (Å²) in [5.41, 5.74) is 0.972. The van der Waals surface area contributed by atoms with Crippen LogP contribution in [0.5, 0.6) is 5.75 Å². The zero-order chi connectivity index (χ0) is 15.1. The van der Waals surface area contributed by atoms with Gasteiger partial charge >= 0.3 is 5.97 Å². The average molecular weight is 302 g/mol. The fourth-order valence-corrected chi connectivity index (χ4v) is 3.06. The highest BCUT2D eigenvalue weighted by molar-refractivity contribution is 7.99. The molecule has 3 nitrogen and oxygen atoms in total. The number of benzene rings is 2. The predicted octanol–water partition coefficient (Wildman–Crippen LogP) is 3.74. The van der Waals surface area contributed by atoms with Crippen LogP contribution in [0, 0.1) is 0 Å². The molecule has 2 rings (SSSR count). The van der Waals surface area contributed by atoms with Gasteiger partial charge in [-0.2, -0.15) is 0 Å². The summed E-state index contributed by atoms with van der Waals surface area (Å²) in [4.78, 5) is 13.1. The molecule has 2 aromatic rings. The van der Waals surface area contributed by atoms with Crippen LogP contribution >= 0.6 is 11.8 Å². The van der Waals surface area contributed by atoms with Gasteiger partial charge in [-0.3, -0.25) is 4.79 Å². The number of carbonyl (C=O) groups is 1. The smallest absolute Gasteiger partial charge is 0.313 e. The van der Waals surface area contributed by atoms with Crippen molar-refractivity contribution < 1.29 is 14.3 Å². The van der Waals surface area contributed by atoms with Crippen LogP contribution in [0.1, 0.15) is 11.5 Å². The number of methoxy groups -OCH3 is 2. The van der Waals surface area contributed by atoms with Crippen molar-refractivity contribution >= 4 is 17.7 Å². The highest BCUT2D eigenvalue weighted by Crippen LogP contribution is 2.29. The Labute approximate surface area is 129 Å². The van der Waals surface area contributed by atoms with Gasteiger partial charge in [-0.1, -0.05) is 36.4 Å². The molecule has 0 aliphatic heterocycles. The highest BCUT2D eigenvalue weighted by Gasteiger charge is 2.21. The molecule has 0 N–H and O–H groups in total. The molecular weight excluding hydrogens is 284 g/mol. The van der Waals surface area contributed by atoms with Crippen LogP contribution in [0.25, 0.3) is 0 Å². The molecule has 1 atom stereocenters. The first-order valence-electron chi connectivity index (χ1n) is 6.64. The number of ether oxygens (including phenoxy) is 2. The molecular formula is C17H18O3S. The van der Waals surface area contributed by atoms with Gasteiger partial charge in [0.2, 0.25) is 0 Å². The Balaban J connectivity index is 2.11. The molecule has 0 aromatic heterocycles. The molecule has 2 aromatic carbocycles. The second kappa shape index (κ2) is 7.74. The lowest BCUT2D eigenvalue weighted by Gasteiger charge is -2.15. The van der Waals surface area contributed by atoms with Gasteiger partial charge in [0.25, 0.3) is 0 Å². The summed E-state index contributed by atoms with van der Waals surface area (Å²) in [5, 5.41) is 0. The van der Waals surface area contributed by atoms with Crippen LogP contribution in [-0.2, 0) is 9.53 Å². The highest BCUT2D eigenvalue weighted by atomic mass is 32.2. The summed E-state index contributed by atoms with van der Waals surface area (Å²) in [7, 11) is 3.07. The maximum atomic E-state index is 12.0. The second-order valence-corrected chi connectivity index (χ2v) is 5.57. The minimum atomic E-state index is -0.271. The van der Waals surface area contributed by atoms with Gasteiger partial charge in [0.05, 0.1) is 20.1 Å². The van der Waals surface area contributed by atoms with Gasteiger partial charge in [-0.05, 0) is 23.8 Å². The quantitative estimate of drug-likeness (QED) is 0.601. The van der Waals surface area contributed by atoms with Gasteiger partial charge in [0.15, 0.2) is 0 Å². The molecule has 0 saturated heterocycles. The minimum Gasteiger partial charge on any atom is -0.497 e. The first-order valence-corrected chi connectivity index (χ1v) is 7.62. The fourth-order valence-electron chi connectivity index (χ4n) is 2.00. The molecule has 110 valence electrons. The van der Waals surface area contributed by atoms with Crippen molar-refractivity contribution in [1.82, 2.24) is 0 Å². The molecule has 0 aliphatic carbocycles. The third kappa shape index (κ3) is 4.26. The van der Waals surface area contributed by atoms with E-state index in [2.05, 4.69) is 0 Å². The Hall–Kier alpha value is -1.94. The molecule has 0 radical (unpaired) electrons. The number of rotatable bonds is 6. The first kappa shape index (κ1) is 15.4. The van der Waals surface area contributed by atoms with Crippen molar-refractivity contribution in [2.45, 2.75) is 10.8 Å². The summed E-state index contributed by atoms with van der Waals surface area (Å²) in [6, 6.07) is 17.5. The van der Waals surface area contributed by atoms with Crippen molar-refractivity contribution in [2.75, 3.05) is 20.0 Å². The predicted molar refractivity (Wildman–Crippen MR) is 84.9 cm³/mol. The summed E-state index contributed by atoms with van der Waals surface area (Å²) < 4.78 is 10.1. The molecule has 1 unspecified atom stereocenters. The van der Waals surface area contributed by atoms with Crippen molar-refractivity contribution in [3.8, 4) is 5.75 Å². The van der Waals surface area contributed by atoms with Crippen molar-refractivity contribution in [1.29, 1.82) is 0 Å². The number of hydrogen-bond acceptors (Lipinski definition) is 4. The number of hydrogen-bond donors (Lipinski definition) is 0. The van der Waals surface area contributed by atoms with Gasteiger partial charge in [0.1, 0.15) is 5.75 Å².